The van der Waals surface area contributed by atoms with Crippen molar-refractivity contribution in [2.75, 3.05) is 66.5 Å². The maximum atomic E-state index is 14.2. The number of carbonyl (C=O) groups is 7. The van der Waals surface area contributed by atoms with Crippen LogP contribution in [-0.2, 0) is 24.0 Å². The summed E-state index contributed by atoms with van der Waals surface area (Å²) in [7, 11) is 7.16. The highest BCUT2D eigenvalue weighted by molar-refractivity contribution is 6.13. The van der Waals surface area contributed by atoms with Crippen molar-refractivity contribution in [3.05, 3.63) is 120 Å². The highest BCUT2D eigenvalue weighted by Crippen LogP contribution is 2.42. The molecular formula is C66H77N9O12. The van der Waals surface area contributed by atoms with Crippen molar-refractivity contribution >= 4 is 82.0 Å². The third kappa shape index (κ3) is 15.5. The van der Waals surface area contributed by atoms with E-state index in [2.05, 4.69) is 20.9 Å². The Kier molecular flexibility index (Phi) is 20.7. The van der Waals surface area contributed by atoms with E-state index in [0.717, 1.165) is 47.4 Å². The number of anilines is 1. The predicted octanol–water partition coefficient (Wildman–Crippen LogP) is 8.67. The molecule has 21 heteroatoms. The molecule has 0 aromatic heterocycles. The minimum Gasteiger partial charge on any atom is -0.494 e. The van der Waals surface area contributed by atoms with Crippen LogP contribution in [0.25, 0.3) is 11.1 Å². The fourth-order valence-corrected chi connectivity index (χ4v) is 10.8. The second-order valence-electron chi connectivity index (χ2n) is 22.7. The molecule has 9 rings (SSSR count). The molecule has 5 heterocycles. The average Bonchev–Trinajstić information content (AvgIpc) is 2.04. The number of hydrogen-bond acceptors (Lipinski definition) is 15. The molecule has 0 aliphatic carbocycles. The van der Waals surface area contributed by atoms with Crippen LogP contribution in [0.4, 0.5) is 17.1 Å². The summed E-state index contributed by atoms with van der Waals surface area (Å²) in [6.45, 7) is 7.82. The van der Waals surface area contributed by atoms with Crippen molar-refractivity contribution in [3.8, 4) is 28.7 Å². The zero-order chi connectivity index (χ0) is 61.7. The van der Waals surface area contributed by atoms with Gasteiger partial charge in [0.15, 0.2) is 23.0 Å². The van der Waals surface area contributed by atoms with Crippen LogP contribution in [0.1, 0.15) is 117 Å². The quantitative estimate of drug-likeness (QED) is 0.0341. The molecule has 0 fully saturated rings. The van der Waals surface area contributed by atoms with Crippen molar-refractivity contribution in [1.82, 2.24) is 30.2 Å². The van der Waals surface area contributed by atoms with Gasteiger partial charge >= 0.3 is 0 Å². The zero-order valence-electron chi connectivity index (χ0n) is 50.5. The lowest BCUT2D eigenvalue weighted by molar-refractivity contribution is -0.137. The number of methoxy groups -OCH3 is 2. The summed E-state index contributed by atoms with van der Waals surface area (Å²) in [4.78, 5) is 108. The normalized spacial score (nSPS) is 17.2. The van der Waals surface area contributed by atoms with Crippen LogP contribution in [0, 0.1) is 5.92 Å². The number of unbranched alkanes of at least 4 members (excludes halogenated alkanes) is 4. The van der Waals surface area contributed by atoms with Crippen molar-refractivity contribution in [1.29, 1.82) is 0 Å². The van der Waals surface area contributed by atoms with Crippen LogP contribution >= 0.6 is 0 Å². The summed E-state index contributed by atoms with van der Waals surface area (Å²) in [5.74, 6) is -0.0236. The molecule has 4 aromatic rings. The third-order valence-electron chi connectivity index (χ3n) is 15.7. The van der Waals surface area contributed by atoms with Gasteiger partial charge in [0, 0.05) is 87.2 Å². The predicted molar refractivity (Wildman–Crippen MR) is 331 cm³/mol. The molecular weight excluding hydrogens is 1110 g/mol. The van der Waals surface area contributed by atoms with Crippen LogP contribution < -0.4 is 39.6 Å². The number of amides is 7. The first-order chi connectivity index (χ1) is 42.0. The van der Waals surface area contributed by atoms with Gasteiger partial charge in [0.1, 0.15) is 17.8 Å². The van der Waals surface area contributed by atoms with E-state index in [4.69, 9.17) is 33.7 Å². The van der Waals surface area contributed by atoms with Crippen molar-refractivity contribution < 1.29 is 57.2 Å². The Labute approximate surface area is 507 Å². The van der Waals surface area contributed by atoms with E-state index in [0.29, 0.717) is 116 Å². The second kappa shape index (κ2) is 28.9. The number of aliphatic imine (C=N–C) groups is 2. The molecule has 87 heavy (non-hydrogen) atoms. The number of carbonyl (C=O) groups excluding carboxylic acids is 7. The molecule has 4 aromatic carbocycles. The van der Waals surface area contributed by atoms with Crippen molar-refractivity contribution in [2.24, 2.45) is 15.9 Å². The number of ether oxygens (including phenoxy) is 5. The molecule has 5 aliphatic rings. The van der Waals surface area contributed by atoms with E-state index in [1.165, 1.54) is 24.2 Å². The Bertz CT molecular complexity index is 3390. The SMILES string of the molecule is COc1cc2c(cc1OCCCCCOc1cc3c(cc1OC)C(=O)N1C=C(c4cccc(NC(=O)[C@H](C)NC(=O)[C@@H](NC(=O)CCCCCN5C(=O)C=CC5=O)C(C)C)c4)C[C@H]1C=N3)N=C[C@@H]1CC(c3ccc(OCCCN(C)C)cc3)=CN1C2=O. The first kappa shape index (κ1) is 62.4. The molecule has 0 bridgehead atoms. The van der Waals surface area contributed by atoms with Gasteiger partial charge in [-0.1, -0.05) is 44.5 Å². The molecule has 5 aliphatic heterocycles. The number of nitrogens with zero attached hydrogens (tertiary/aromatic N) is 6. The lowest BCUT2D eigenvalue weighted by Gasteiger charge is -2.24. The summed E-state index contributed by atoms with van der Waals surface area (Å²) in [6, 6.07) is 19.7. The number of hydrogen-bond donors (Lipinski definition) is 3. The Hall–Kier alpha value is -9.11. The van der Waals surface area contributed by atoms with E-state index in [-0.39, 0.29) is 60.5 Å². The van der Waals surface area contributed by atoms with Gasteiger partial charge in [0.25, 0.3) is 23.6 Å². The summed E-state index contributed by atoms with van der Waals surface area (Å²) >= 11 is 0. The molecule has 0 spiro atoms. The Balaban J connectivity index is 0.717. The van der Waals surface area contributed by atoms with Gasteiger partial charge in [-0.3, -0.25) is 48.4 Å². The molecule has 7 amide bonds. The highest BCUT2D eigenvalue weighted by Gasteiger charge is 2.36. The number of fused-ring (bicyclic) bond motifs is 4. The van der Waals surface area contributed by atoms with Crippen LogP contribution in [0.2, 0.25) is 0 Å². The topological polar surface area (TPSA) is 239 Å². The number of benzene rings is 4. The van der Waals surface area contributed by atoms with Crippen LogP contribution in [0.5, 0.6) is 28.7 Å². The minimum atomic E-state index is -0.945. The number of nitrogens with one attached hydrogen (secondary N) is 3. The van der Waals surface area contributed by atoms with Crippen molar-refractivity contribution in [2.45, 2.75) is 109 Å². The molecule has 458 valence electrons. The molecule has 3 N–H and O–H groups in total. The fourth-order valence-electron chi connectivity index (χ4n) is 10.8. The summed E-state index contributed by atoms with van der Waals surface area (Å²) in [5.41, 5.74) is 5.97. The maximum Gasteiger partial charge on any atom is 0.260 e. The molecule has 0 saturated carbocycles. The lowest BCUT2D eigenvalue weighted by Crippen LogP contribution is -2.53. The summed E-state index contributed by atoms with van der Waals surface area (Å²) in [5, 5.41) is 8.41. The fraction of sp³-hybridized carbons (Fsp3) is 0.409. The van der Waals surface area contributed by atoms with Gasteiger partial charge in [-0.05, 0) is 124 Å². The maximum absolute atomic E-state index is 14.2. The highest BCUT2D eigenvalue weighted by atomic mass is 16.5. The van der Waals surface area contributed by atoms with E-state index >= 15 is 0 Å². The largest absolute Gasteiger partial charge is 0.494 e. The zero-order valence-corrected chi connectivity index (χ0v) is 50.5. The smallest absolute Gasteiger partial charge is 0.260 e. The lowest BCUT2D eigenvalue weighted by atomic mass is 10.0. The first-order valence-electron chi connectivity index (χ1n) is 29.8. The summed E-state index contributed by atoms with van der Waals surface area (Å²) < 4.78 is 29.8. The molecule has 0 radical (unpaired) electrons. The Morgan fingerprint density at radius 1 is 0.621 bits per heavy atom. The van der Waals surface area contributed by atoms with Gasteiger partial charge in [-0.2, -0.15) is 0 Å². The Morgan fingerprint density at radius 3 is 1.75 bits per heavy atom. The monoisotopic (exact) mass is 1190 g/mol. The van der Waals surface area contributed by atoms with E-state index in [1.807, 2.05) is 62.9 Å². The molecule has 4 atom stereocenters. The van der Waals surface area contributed by atoms with Gasteiger partial charge in [0.2, 0.25) is 17.7 Å². The molecule has 0 unspecified atom stereocenters. The van der Waals surface area contributed by atoms with Gasteiger partial charge < -0.3 is 54.3 Å². The van der Waals surface area contributed by atoms with E-state index in [9.17, 15) is 33.6 Å². The standard InChI is InChI=1S/C66H77N9O12/c1-41(2)62(71-59(76)18-10-8-11-26-73-60(77)23-24-61(73)78)64(80)69-42(3)63(79)70-47-17-14-16-44(30-47)46-32-49-38-68-54-36-58(56(84-7)34-52(54)66(82)75(49)40-46)87-28-13-9-12-27-86-57-35-53-51(33-55(57)83-6)65(81)74-39-45(31-48(74)37-67-53)43-19-21-50(22-20-43)85-29-15-25-72(4)5/h14,16-17,19-24,30,33-42,48-49,62H,8-13,15,18,25-29,31-32H2,1-7H3,(H,69,80)(H,70,79)(H,71,76)/t42-,48-,49-,62-/m0/s1. The molecule has 0 saturated heterocycles. The van der Waals surface area contributed by atoms with Crippen LogP contribution in [0.15, 0.2) is 107 Å². The minimum absolute atomic E-state index is 0.159. The molecule has 21 nitrogen and oxygen atoms in total. The third-order valence-corrected chi connectivity index (χ3v) is 15.7. The van der Waals surface area contributed by atoms with Gasteiger partial charge in [0.05, 0.1) is 68.6 Å². The average molecular weight is 1190 g/mol. The van der Waals surface area contributed by atoms with E-state index < -0.39 is 23.9 Å². The van der Waals surface area contributed by atoms with Crippen molar-refractivity contribution in [3.63, 3.8) is 0 Å². The van der Waals surface area contributed by atoms with Crippen LogP contribution in [-0.4, -0.2) is 159 Å². The number of rotatable bonds is 29. The summed E-state index contributed by atoms with van der Waals surface area (Å²) in [6.07, 6.45) is 15.9. The first-order valence-corrected chi connectivity index (χ1v) is 29.8. The van der Waals surface area contributed by atoms with Gasteiger partial charge in [-0.25, -0.2) is 0 Å². The number of imide groups is 1. The van der Waals surface area contributed by atoms with E-state index in [1.54, 1.807) is 86.5 Å². The van der Waals surface area contributed by atoms with Crippen LogP contribution in [0.3, 0.4) is 0 Å². The van der Waals surface area contributed by atoms with Gasteiger partial charge in [-0.15, -0.1) is 0 Å². The second-order valence-corrected chi connectivity index (χ2v) is 22.7. The Morgan fingerprint density at radius 2 is 1.18 bits per heavy atom.